The molecule has 0 bridgehead atoms. The number of benzene rings is 1. The van der Waals surface area contributed by atoms with Gasteiger partial charge in [-0.3, -0.25) is 14.4 Å². The molecule has 1 unspecified atom stereocenters. The summed E-state index contributed by atoms with van der Waals surface area (Å²) < 4.78 is 0. The van der Waals surface area contributed by atoms with Gasteiger partial charge >= 0.3 is 0 Å². The fourth-order valence-corrected chi connectivity index (χ4v) is 4.05. The molecule has 0 saturated carbocycles. The number of nitrogens with zero attached hydrogens (tertiary/aromatic N) is 3. The number of likely N-dealkylation sites (tertiary alicyclic amines) is 1. The molecular formula is C21H29N3O3. The van der Waals surface area contributed by atoms with Crippen LogP contribution in [-0.2, 0) is 4.79 Å². The SMILES string of the molecule is CCC1CCCCN1C(=O)c1cccc(C(=O)N2CCN(C(C)=O)CC2)c1. The van der Waals surface area contributed by atoms with Gasteiger partial charge in [-0.2, -0.15) is 0 Å². The van der Waals surface area contributed by atoms with Crippen LogP contribution in [0, 0.1) is 0 Å². The van der Waals surface area contributed by atoms with Crippen molar-refractivity contribution in [1.29, 1.82) is 0 Å². The third kappa shape index (κ3) is 4.31. The van der Waals surface area contributed by atoms with Crippen LogP contribution in [0.25, 0.3) is 0 Å². The van der Waals surface area contributed by atoms with E-state index in [1.165, 1.54) is 6.42 Å². The minimum Gasteiger partial charge on any atom is -0.339 e. The summed E-state index contributed by atoms with van der Waals surface area (Å²) >= 11 is 0. The van der Waals surface area contributed by atoms with Gasteiger partial charge in [0.1, 0.15) is 0 Å². The van der Waals surface area contributed by atoms with Crippen molar-refractivity contribution >= 4 is 17.7 Å². The zero-order valence-corrected chi connectivity index (χ0v) is 16.3. The molecule has 1 aromatic carbocycles. The summed E-state index contributed by atoms with van der Waals surface area (Å²) in [6.45, 7) is 6.65. The molecule has 0 N–H and O–H groups in total. The van der Waals surface area contributed by atoms with E-state index in [9.17, 15) is 14.4 Å². The van der Waals surface area contributed by atoms with Gasteiger partial charge < -0.3 is 14.7 Å². The number of piperazine rings is 1. The Morgan fingerprint density at radius 1 is 0.926 bits per heavy atom. The fraction of sp³-hybridized carbons (Fsp3) is 0.571. The third-order valence-electron chi connectivity index (χ3n) is 5.73. The van der Waals surface area contributed by atoms with Crippen LogP contribution in [-0.4, -0.2) is 71.2 Å². The van der Waals surface area contributed by atoms with Gasteiger partial charge in [0.05, 0.1) is 0 Å². The second kappa shape index (κ2) is 8.55. The van der Waals surface area contributed by atoms with E-state index in [1.807, 2.05) is 4.90 Å². The number of piperidine rings is 1. The lowest BCUT2D eigenvalue weighted by atomic mass is 9.98. The second-order valence-electron chi connectivity index (χ2n) is 7.44. The molecule has 0 aliphatic carbocycles. The average molecular weight is 371 g/mol. The summed E-state index contributed by atoms with van der Waals surface area (Å²) in [5, 5.41) is 0. The molecule has 1 atom stereocenters. The van der Waals surface area contributed by atoms with Crippen molar-refractivity contribution in [2.45, 2.75) is 45.6 Å². The van der Waals surface area contributed by atoms with Crippen LogP contribution in [0.2, 0.25) is 0 Å². The van der Waals surface area contributed by atoms with E-state index in [1.54, 1.807) is 41.0 Å². The highest BCUT2D eigenvalue weighted by molar-refractivity contribution is 6.00. The molecule has 2 fully saturated rings. The summed E-state index contributed by atoms with van der Waals surface area (Å²) in [7, 11) is 0. The van der Waals surface area contributed by atoms with Crippen LogP contribution in [0.15, 0.2) is 24.3 Å². The van der Waals surface area contributed by atoms with E-state index in [0.29, 0.717) is 43.3 Å². The van der Waals surface area contributed by atoms with Gasteiger partial charge in [-0.1, -0.05) is 13.0 Å². The zero-order valence-electron chi connectivity index (χ0n) is 16.3. The Bertz CT molecular complexity index is 710. The summed E-state index contributed by atoms with van der Waals surface area (Å²) in [4.78, 5) is 42.8. The molecular weight excluding hydrogens is 342 g/mol. The maximum Gasteiger partial charge on any atom is 0.254 e. The van der Waals surface area contributed by atoms with Crippen LogP contribution >= 0.6 is 0 Å². The smallest absolute Gasteiger partial charge is 0.254 e. The molecule has 27 heavy (non-hydrogen) atoms. The summed E-state index contributed by atoms with van der Waals surface area (Å²) in [5.74, 6) is -0.00200. The molecule has 0 aromatic heterocycles. The highest BCUT2D eigenvalue weighted by Gasteiger charge is 2.27. The highest BCUT2D eigenvalue weighted by Crippen LogP contribution is 2.22. The predicted octanol–water partition coefficient (Wildman–Crippen LogP) is 2.40. The van der Waals surface area contributed by atoms with Crippen molar-refractivity contribution in [1.82, 2.24) is 14.7 Å². The van der Waals surface area contributed by atoms with E-state index >= 15 is 0 Å². The fourth-order valence-electron chi connectivity index (χ4n) is 4.05. The molecule has 3 amide bonds. The Morgan fingerprint density at radius 2 is 1.56 bits per heavy atom. The van der Waals surface area contributed by atoms with E-state index in [0.717, 1.165) is 25.8 Å². The van der Waals surface area contributed by atoms with Crippen LogP contribution in [0.1, 0.15) is 60.2 Å². The molecule has 146 valence electrons. The Morgan fingerprint density at radius 3 is 2.19 bits per heavy atom. The van der Waals surface area contributed by atoms with Gasteiger partial charge in [0.2, 0.25) is 5.91 Å². The van der Waals surface area contributed by atoms with Crippen LogP contribution in [0.5, 0.6) is 0 Å². The van der Waals surface area contributed by atoms with E-state index in [2.05, 4.69) is 6.92 Å². The number of hydrogen-bond acceptors (Lipinski definition) is 3. The first-order valence-electron chi connectivity index (χ1n) is 9.97. The van der Waals surface area contributed by atoms with Gasteiger partial charge in [-0.05, 0) is 43.9 Å². The molecule has 2 aliphatic heterocycles. The molecule has 1 aromatic rings. The largest absolute Gasteiger partial charge is 0.339 e. The van der Waals surface area contributed by atoms with E-state index in [-0.39, 0.29) is 17.7 Å². The number of carbonyl (C=O) groups is 3. The maximum absolute atomic E-state index is 13.0. The molecule has 2 aliphatic rings. The van der Waals surface area contributed by atoms with Crippen LogP contribution < -0.4 is 0 Å². The quantitative estimate of drug-likeness (QED) is 0.820. The van der Waals surface area contributed by atoms with E-state index < -0.39 is 0 Å². The van der Waals surface area contributed by atoms with Crippen molar-refractivity contribution in [2.75, 3.05) is 32.7 Å². The molecule has 6 nitrogen and oxygen atoms in total. The van der Waals surface area contributed by atoms with Gasteiger partial charge in [-0.15, -0.1) is 0 Å². The summed E-state index contributed by atoms with van der Waals surface area (Å²) in [6, 6.07) is 7.38. The first kappa shape index (κ1) is 19.4. The van der Waals surface area contributed by atoms with Gasteiger partial charge in [0.25, 0.3) is 11.8 Å². The van der Waals surface area contributed by atoms with Crippen molar-refractivity contribution in [3.8, 4) is 0 Å². The Balaban J connectivity index is 1.70. The standard InChI is InChI=1S/C21H29N3O3/c1-3-19-9-4-5-10-24(19)21(27)18-8-6-7-17(15-18)20(26)23-13-11-22(12-14-23)16(2)25/h6-8,15,19H,3-5,9-14H2,1-2H3. The number of carbonyl (C=O) groups excluding carboxylic acids is 3. The highest BCUT2D eigenvalue weighted by atomic mass is 16.2. The van der Waals surface area contributed by atoms with Crippen molar-refractivity contribution < 1.29 is 14.4 Å². The van der Waals surface area contributed by atoms with Gasteiger partial charge in [-0.25, -0.2) is 0 Å². The van der Waals surface area contributed by atoms with Crippen LogP contribution in [0.4, 0.5) is 0 Å². The molecule has 2 saturated heterocycles. The Hall–Kier alpha value is -2.37. The number of amides is 3. The normalized spacial score (nSPS) is 20.5. The zero-order chi connectivity index (χ0) is 19.4. The second-order valence-corrected chi connectivity index (χ2v) is 7.44. The third-order valence-corrected chi connectivity index (χ3v) is 5.73. The first-order valence-corrected chi connectivity index (χ1v) is 9.97. The summed E-state index contributed by atoms with van der Waals surface area (Å²) in [5.41, 5.74) is 1.13. The molecule has 2 heterocycles. The lowest BCUT2D eigenvalue weighted by Gasteiger charge is -2.35. The molecule has 6 heteroatoms. The average Bonchev–Trinajstić information content (AvgIpc) is 2.72. The summed E-state index contributed by atoms with van der Waals surface area (Å²) in [6.07, 6.45) is 4.24. The van der Waals surface area contributed by atoms with Crippen molar-refractivity contribution in [3.05, 3.63) is 35.4 Å². The Kier molecular flexibility index (Phi) is 6.14. The lowest BCUT2D eigenvalue weighted by Crippen LogP contribution is -2.50. The number of rotatable bonds is 3. The minimum atomic E-state index is -0.0708. The molecule has 0 spiro atoms. The first-order chi connectivity index (χ1) is 13.0. The maximum atomic E-state index is 13.0. The number of hydrogen-bond donors (Lipinski definition) is 0. The molecule has 0 radical (unpaired) electrons. The van der Waals surface area contributed by atoms with E-state index in [4.69, 9.17) is 0 Å². The topological polar surface area (TPSA) is 60.9 Å². The van der Waals surface area contributed by atoms with Crippen molar-refractivity contribution in [2.24, 2.45) is 0 Å². The van der Waals surface area contributed by atoms with Gasteiger partial charge in [0, 0.05) is 56.8 Å². The lowest BCUT2D eigenvalue weighted by molar-refractivity contribution is -0.130. The minimum absolute atomic E-state index is 0.0256. The van der Waals surface area contributed by atoms with Crippen LogP contribution in [0.3, 0.4) is 0 Å². The monoisotopic (exact) mass is 371 g/mol. The predicted molar refractivity (Wildman–Crippen MR) is 104 cm³/mol. The van der Waals surface area contributed by atoms with Crippen molar-refractivity contribution in [3.63, 3.8) is 0 Å². The van der Waals surface area contributed by atoms with Gasteiger partial charge in [0.15, 0.2) is 0 Å². The Labute approximate surface area is 161 Å². The molecule has 3 rings (SSSR count).